The molecule has 8 nitrogen and oxygen atoms in total. The Morgan fingerprint density at radius 3 is 2.71 bits per heavy atom. The molecule has 2 saturated heterocycles. The Morgan fingerprint density at radius 2 is 1.95 bits per heavy atom. The standard InChI is InChI=1S/C27H33F3N6O2/c1-16(19-6-5-7-22(24(19)28)27(29,30)26(3,4)37)32-25-20-12-23(31-13-21(20)17(2)33-34-25)36-9-8-35-10-11-38-15-18(35)14-36/h5-7,12-13,16,18,37H,8-11,14-15H2,1-4H3,(H,32,34)/t16-,18+/m1/s1. The Morgan fingerprint density at radius 1 is 1.16 bits per heavy atom. The average Bonchev–Trinajstić information content (AvgIpc) is 2.89. The predicted molar refractivity (Wildman–Crippen MR) is 139 cm³/mol. The van der Waals surface area contributed by atoms with Gasteiger partial charge in [-0.25, -0.2) is 9.37 Å². The van der Waals surface area contributed by atoms with E-state index in [9.17, 15) is 13.9 Å². The number of halogens is 3. The number of benzene rings is 1. The molecule has 5 rings (SSSR count). The second-order valence-electron chi connectivity index (χ2n) is 10.6. The van der Waals surface area contributed by atoms with Crippen LogP contribution in [0, 0.1) is 12.7 Å². The molecular formula is C27H33F3N6O2. The summed E-state index contributed by atoms with van der Waals surface area (Å²) in [6, 6.07) is 5.34. The monoisotopic (exact) mass is 530 g/mol. The number of alkyl halides is 2. The van der Waals surface area contributed by atoms with Crippen molar-refractivity contribution >= 4 is 22.4 Å². The Balaban J connectivity index is 1.45. The van der Waals surface area contributed by atoms with Gasteiger partial charge in [0.2, 0.25) is 0 Å². The minimum Gasteiger partial charge on any atom is -0.384 e. The van der Waals surface area contributed by atoms with E-state index < -0.39 is 28.9 Å². The van der Waals surface area contributed by atoms with E-state index in [0.717, 1.165) is 69.3 Å². The molecule has 2 fully saturated rings. The first-order chi connectivity index (χ1) is 18.0. The molecule has 1 aromatic carbocycles. The first-order valence-corrected chi connectivity index (χ1v) is 12.8. The van der Waals surface area contributed by atoms with Crippen molar-refractivity contribution in [1.29, 1.82) is 0 Å². The average molecular weight is 531 g/mol. The lowest BCUT2D eigenvalue weighted by Crippen LogP contribution is -2.58. The SMILES string of the molecule is Cc1nnc(N[C@H](C)c2cccc(C(F)(F)C(C)(C)O)c2F)c2cc(N3CCN4CCOC[C@@H]4C3)ncc12. The highest BCUT2D eigenvalue weighted by molar-refractivity contribution is 5.94. The van der Waals surface area contributed by atoms with Crippen molar-refractivity contribution in [2.75, 3.05) is 49.6 Å². The smallest absolute Gasteiger partial charge is 0.303 e. The zero-order valence-corrected chi connectivity index (χ0v) is 22.0. The highest BCUT2D eigenvalue weighted by Crippen LogP contribution is 2.41. The Bertz CT molecular complexity index is 1330. The van der Waals surface area contributed by atoms with Crippen molar-refractivity contribution in [3.63, 3.8) is 0 Å². The van der Waals surface area contributed by atoms with Crippen LogP contribution in [0.25, 0.3) is 10.8 Å². The number of ether oxygens (including phenoxy) is 1. The van der Waals surface area contributed by atoms with Crippen molar-refractivity contribution in [2.45, 2.75) is 51.3 Å². The van der Waals surface area contributed by atoms with E-state index in [1.807, 2.05) is 13.0 Å². The Kier molecular flexibility index (Phi) is 6.95. The lowest BCUT2D eigenvalue weighted by molar-refractivity contribution is -0.170. The minimum atomic E-state index is -3.78. The van der Waals surface area contributed by atoms with E-state index in [1.54, 1.807) is 13.1 Å². The zero-order valence-electron chi connectivity index (χ0n) is 22.0. The number of aryl methyl sites for hydroxylation is 1. The molecule has 4 heterocycles. The molecule has 0 unspecified atom stereocenters. The molecule has 2 atom stereocenters. The second-order valence-corrected chi connectivity index (χ2v) is 10.6. The number of aromatic nitrogens is 3. The summed E-state index contributed by atoms with van der Waals surface area (Å²) in [5, 5.41) is 23.2. The number of nitrogens with one attached hydrogen (secondary N) is 1. The summed E-state index contributed by atoms with van der Waals surface area (Å²) in [4.78, 5) is 9.35. The fourth-order valence-corrected chi connectivity index (χ4v) is 5.13. The van der Waals surface area contributed by atoms with Crippen LogP contribution in [0.5, 0.6) is 0 Å². The van der Waals surface area contributed by atoms with Crippen LogP contribution in [0.15, 0.2) is 30.5 Å². The van der Waals surface area contributed by atoms with Crippen molar-refractivity contribution in [3.05, 3.63) is 53.1 Å². The second kappa shape index (κ2) is 9.94. The van der Waals surface area contributed by atoms with Crippen molar-refractivity contribution in [1.82, 2.24) is 20.1 Å². The van der Waals surface area contributed by atoms with Gasteiger partial charge in [-0.2, -0.15) is 13.9 Å². The molecule has 38 heavy (non-hydrogen) atoms. The Labute approximate surface area is 219 Å². The van der Waals surface area contributed by atoms with Gasteiger partial charge in [-0.15, -0.1) is 5.10 Å². The maximum Gasteiger partial charge on any atom is 0.303 e. The first kappa shape index (κ1) is 26.6. The summed E-state index contributed by atoms with van der Waals surface area (Å²) >= 11 is 0. The van der Waals surface area contributed by atoms with E-state index >= 15 is 4.39 Å². The van der Waals surface area contributed by atoms with Crippen LogP contribution < -0.4 is 10.2 Å². The van der Waals surface area contributed by atoms with Gasteiger partial charge in [0, 0.05) is 48.7 Å². The molecule has 2 aliphatic rings. The summed E-state index contributed by atoms with van der Waals surface area (Å²) in [7, 11) is 0. The van der Waals surface area contributed by atoms with Crippen LogP contribution in [0.1, 0.15) is 43.6 Å². The van der Waals surface area contributed by atoms with Gasteiger partial charge in [-0.05, 0) is 39.8 Å². The molecule has 2 aromatic heterocycles. The Hall–Kier alpha value is -3.02. The van der Waals surface area contributed by atoms with Crippen LogP contribution in [-0.4, -0.2) is 76.2 Å². The zero-order chi connectivity index (χ0) is 27.2. The molecule has 0 bridgehead atoms. The van der Waals surface area contributed by atoms with E-state index in [-0.39, 0.29) is 5.56 Å². The normalized spacial score (nSPS) is 19.9. The minimum absolute atomic E-state index is 0.0321. The van der Waals surface area contributed by atoms with Gasteiger partial charge >= 0.3 is 5.92 Å². The number of hydrogen-bond donors (Lipinski definition) is 2. The predicted octanol–water partition coefficient (Wildman–Crippen LogP) is 4.03. The van der Waals surface area contributed by atoms with Gasteiger partial charge in [0.1, 0.15) is 17.2 Å². The number of nitrogens with zero attached hydrogens (tertiary/aromatic N) is 5. The fraction of sp³-hybridized carbons (Fsp3) is 0.519. The molecular weight excluding hydrogens is 497 g/mol. The van der Waals surface area contributed by atoms with E-state index in [1.165, 1.54) is 12.1 Å². The third kappa shape index (κ3) is 4.78. The number of piperazine rings is 1. The van der Waals surface area contributed by atoms with Crippen LogP contribution in [-0.2, 0) is 10.7 Å². The largest absolute Gasteiger partial charge is 0.384 e. The quantitative estimate of drug-likeness (QED) is 0.494. The molecule has 0 radical (unpaired) electrons. The molecule has 2 N–H and O–H groups in total. The number of pyridine rings is 1. The molecule has 11 heteroatoms. The van der Waals surface area contributed by atoms with E-state index in [2.05, 4.69) is 30.3 Å². The molecule has 0 saturated carbocycles. The molecule has 204 valence electrons. The summed E-state index contributed by atoms with van der Waals surface area (Å²) in [6.07, 6.45) is 1.76. The maximum atomic E-state index is 15.4. The van der Waals surface area contributed by atoms with Crippen LogP contribution in [0.3, 0.4) is 0 Å². The highest BCUT2D eigenvalue weighted by Gasteiger charge is 2.49. The maximum absolute atomic E-state index is 15.4. The number of hydrogen-bond acceptors (Lipinski definition) is 8. The van der Waals surface area contributed by atoms with Crippen molar-refractivity contribution < 1.29 is 23.0 Å². The van der Waals surface area contributed by atoms with Crippen LogP contribution >= 0.6 is 0 Å². The van der Waals surface area contributed by atoms with Gasteiger partial charge in [-0.1, -0.05) is 12.1 Å². The molecule has 3 aromatic rings. The molecule has 0 amide bonds. The summed E-state index contributed by atoms with van der Waals surface area (Å²) in [5.74, 6) is -3.65. The molecule has 2 aliphatic heterocycles. The number of aliphatic hydroxyl groups is 1. The lowest BCUT2D eigenvalue weighted by Gasteiger charge is -2.44. The van der Waals surface area contributed by atoms with Gasteiger partial charge in [-0.3, -0.25) is 4.90 Å². The van der Waals surface area contributed by atoms with Gasteiger partial charge in [0.05, 0.1) is 36.6 Å². The third-order valence-electron chi connectivity index (χ3n) is 7.55. The van der Waals surface area contributed by atoms with Gasteiger partial charge < -0.3 is 20.1 Å². The summed E-state index contributed by atoms with van der Waals surface area (Å²) in [6.45, 7) is 10.4. The van der Waals surface area contributed by atoms with Crippen LogP contribution in [0.2, 0.25) is 0 Å². The summed E-state index contributed by atoms with van der Waals surface area (Å²) < 4.78 is 50.7. The number of anilines is 2. The topological polar surface area (TPSA) is 86.6 Å². The molecule has 0 spiro atoms. The van der Waals surface area contributed by atoms with E-state index in [4.69, 9.17) is 4.74 Å². The number of fused-ring (bicyclic) bond motifs is 2. The van der Waals surface area contributed by atoms with Crippen LogP contribution in [0.4, 0.5) is 24.8 Å². The fourth-order valence-electron chi connectivity index (χ4n) is 5.13. The van der Waals surface area contributed by atoms with E-state index in [0.29, 0.717) is 24.2 Å². The molecule has 0 aliphatic carbocycles. The number of morpholine rings is 1. The lowest BCUT2D eigenvalue weighted by atomic mass is 9.91. The third-order valence-corrected chi connectivity index (χ3v) is 7.55. The highest BCUT2D eigenvalue weighted by atomic mass is 19.3. The number of rotatable bonds is 6. The van der Waals surface area contributed by atoms with Crippen molar-refractivity contribution in [2.24, 2.45) is 0 Å². The first-order valence-electron chi connectivity index (χ1n) is 12.8. The van der Waals surface area contributed by atoms with Crippen molar-refractivity contribution in [3.8, 4) is 0 Å². The summed E-state index contributed by atoms with van der Waals surface area (Å²) in [5.41, 5.74) is -2.56. The van der Waals surface area contributed by atoms with Gasteiger partial charge in [0.25, 0.3) is 0 Å². The van der Waals surface area contributed by atoms with Gasteiger partial charge in [0.15, 0.2) is 5.82 Å².